The van der Waals surface area contributed by atoms with Crippen LogP contribution < -0.4 is 5.73 Å². The van der Waals surface area contributed by atoms with Crippen LogP contribution in [0.15, 0.2) is 91.4 Å². The minimum Gasteiger partial charge on any atom is -0.383 e. The van der Waals surface area contributed by atoms with Gasteiger partial charge in [-0.2, -0.15) is 10.2 Å². The summed E-state index contributed by atoms with van der Waals surface area (Å²) in [7, 11) is 0. The molecule has 8 heteroatoms. The van der Waals surface area contributed by atoms with E-state index in [-0.39, 0.29) is 11.9 Å². The van der Waals surface area contributed by atoms with E-state index in [1.165, 1.54) is 0 Å². The summed E-state index contributed by atoms with van der Waals surface area (Å²) in [5, 5.41) is 12.2. The van der Waals surface area contributed by atoms with Crippen LogP contribution in [-0.4, -0.2) is 48.9 Å². The first-order chi connectivity index (χ1) is 18.2. The molecule has 5 aromatic rings. The Kier molecular flexibility index (Phi) is 5.98. The molecule has 3 N–H and O–H groups in total. The van der Waals surface area contributed by atoms with Gasteiger partial charge in [0.15, 0.2) is 0 Å². The lowest BCUT2D eigenvalue weighted by molar-refractivity contribution is 0.0690. The summed E-state index contributed by atoms with van der Waals surface area (Å²) in [4.78, 5) is 19.1. The predicted molar refractivity (Wildman–Crippen MR) is 144 cm³/mol. The summed E-state index contributed by atoms with van der Waals surface area (Å²) in [5.41, 5.74) is 12.4. The van der Waals surface area contributed by atoms with Crippen molar-refractivity contribution in [3.8, 4) is 33.6 Å². The Morgan fingerprint density at radius 3 is 2.38 bits per heavy atom. The zero-order valence-electron chi connectivity index (χ0n) is 20.3. The van der Waals surface area contributed by atoms with Crippen molar-refractivity contribution in [3.63, 3.8) is 0 Å². The van der Waals surface area contributed by atoms with Gasteiger partial charge in [0.1, 0.15) is 5.82 Å². The smallest absolute Gasteiger partial charge is 0.253 e. The highest BCUT2D eigenvalue weighted by molar-refractivity contribution is 5.94. The maximum atomic E-state index is 12.8. The van der Waals surface area contributed by atoms with Crippen LogP contribution in [-0.2, 0) is 0 Å². The highest BCUT2D eigenvalue weighted by Crippen LogP contribution is 2.32. The highest BCUT2D eigenvalue weighted by Gasteiger charge is 2.25. The summed E-state index contributed by atoms with van der Waals surface area (Å²) in [5.74, 6) is 0.532. The van der Waals surface area contributed by atoms with E-state index >= 15 is 0 Å². The van der Waals surface area contributed by atoms with E-state index in [1.807, 2.05) is 88.6 Å². The largest absolute Gasteiger partial charge is 0.383 e. The maximum Gasteiger partial charge on any atom is 0.253 e. The number of likely N-dealkylation sites (tertiary alicyclic amines) is 1. The molecule has 8 nitrogen and oxygen atoms in total. The zero-order valence-corrected chi connectivity index (χ0v) is 20.3. The quantitative estimate of drug-likeness (QED) is 0.359. The molecule has 1 fully saturated rings. The molecule has 0 bridgehead atoms. The van der Waals surface area contributed by atoms with Crippen LogP contribution in [0.3, 0.4) is 0 Å². The van der Waals surface area contributed by atoms with Crippen LogP contribution in [0.5, 0.6) is 0 Å². The van der Waals surface area contributed by atoms with E-state index in [1.54, 1.807) is 6.20 Å². The Labute approximate surface area is 214 Å². The number of rotatable bonds is 5. The minimum atomic E-state index is 0.0925. The first-order valence-electron chi connectivity index (χ1n) is 12.4. The number of pyridine rings is 1. The van der Waals surface area contributed by atoms with Gasteiger partial charge in [-0.25, -0.2) is 4.98 Å². The molecule has 0 unspecified atom stereocenters. The third-order valence-electron chi connectivity index (χ3n) is 6.94. The van der Waals surface area contributed by atoms with Crippen LogP contribution in [0, 0.1) is 0 Å². The molecule has 37 heavy (non-hydrogen) atoms. The zero-order chi connectivity index (χ0) is 25.2. The SMILES string of the molecule is Nc1ncc(-c2cnn(C3CCN(C(=O)c4ccccc4)CC3)c2)cc1-c1cc(-c2ccccc2)n[nH]1. The fourth-order valence-corrected chi connectivity index (χ4v) is 4.85. The van der Waals surface area contributed by atoms with Gasteiger partial charge in [-0.1, -0.05) is 48.5 Å². The molecule has 4 heterocycles. The van der Waals surface area contributed by atoms with Crippen molar-refractivity contribution in [2.45, 2.75) is 18.9 Å². The van der Waals surface area contributed by atoms with Crippen molar-refractivity contribution in [2.75, 3.05) is 18.8 Å². The van der Waals surface area contributed by atoms with Crippen molar-refractivity contribution in [2.24, 2.45) is 0 Å². The number of amides is 1. The van der Waals surface area contributed by atoms with E-state index < -0.39 is 0 Å². The molecule has 0 aliphatic carbocycles. The summed E-state index contributed by atoms with van der Waals surface area (Å²) in [6.07, 6.45) is 7.41. The number of benzene rings is 2. The van der Waals surface area contributed by atoms with Crippen molar-refractivity contribution in [3.05, 3.63) is 97.0 Å². The van der Waals surface area contributed by atoms with Gasteiger partial charge in [-0.3, -0.25) is 14.6 Å². The lowest BCUT2D eigenvalue weighted by Gasteiger charge is -2.32. The molecule has 0 saturated carbocycles. The lowest BCUT2D eigenvalue weighted by atomic mass is 10.0. The van der Waals surface area contributed by atoms with E-state index in [0.717, 1.165) is 52.0 Å². The second kappa shape index (κ2) is 9.73. The van der Waals surface area contributed by atoms with Gasteiger partial charge >= 0.3 is 0 Å². The van der Waals surface area contributed by atoms with Gasteiger partial charge in [-0.15, -0.1) is 0 Å². The van der Waals surface area contributed by atoms with Gasteiger partial charge in [0.25, 0.3) is 5.91 Å². The average molecular weight is 490 g/mol. The Hall–Kier alpha value is -4.72. The van der Waals surface area contributed by atoms with Gasteiger partial charge in [-0.05, 0) is 37.1 Å². The first kappa shape index (κ1) is 22.7. The molecule has 0 atom stereocenters. The number of aromatic amines is 1. The average Bonchev–Trinajstić information content (AvgIpc) is 3.65. The minimum absolute atomic E-state index is 0.0925. The van der Waals surface area contributed by atoms with Crippen LogP contribution >= 0.6 is 0 Å². The maximum absolute atomic E-state index is 12.8. The topological polar surface area (TPSA) is 106 Å². The number of nitrogens with one attached hydrogen (secondary N) is 1. The van der Waals surface area contributed by atoms with Gasteiger partial charge < -0.3 is 10.6 Å². The molecular formula is C29H27N7O. The van der Waals surface area contributed by atoms with Crippen molar-refractivity contribution >= 4 is 11.7 Å². The van der Waals surface area contributed by atoms with Crippen molar-refractivity contribution < 1.29 is 4.79 Å². The van der Waals surface area contributed by atoms with Crippen LogP contribution in [0.25, 0.3) is 33.6 Å². The number of aromatic nitrogens is 5. The molecule has 184 valence electrons. The second-order valence-corrected chi connectivity index (χ2v) is 9.29. The van der Waals surface area contributed by atoms with Gasteiger partial charge in [0.2, 0.25) is 0 Å². The highest BCUT2D eigenvalue weighted by atomic mass is 16.2. The number of nitrogens with zero attached hydrogens (tertiary/aromatic N) is 5. The Bertz CT molecular complexity index is 1520. The normalized spacial score (nSPS) is 14.1. The molecule has 0 radical (unpaired) electrons. The third kappa shape index (κ3) is 4.61. The molecule has 1 amide bonds. The number of anilines is 1. The van der Waals surface area contributed by atoms with Crippen LogP contribution in [0.4, 0.5) is 5.82 Å². The molecule has 1 aliphatic rings. The third-order valence-corrected chi connectivity index (χ3v) is 6.94. The molecule has 1 saturated heterocycles. The fourth-order valence-electron chi connectivity index (χ4n) is 4.85. The number of H-pyrrole nitrogens is 1. The number of nitrogens with two attached hydrogens (primary N) is 1. The number of hydrogen-bond donors (Lipinski definition) is 2. The van der Waals surface area contributed by atoms with E-state index in [4.69, 9.17) is 5.73 Å². The predicted octanol–water partition coefficient (Wildman–Crippen LogP) is 5.06. The first-order valence-corrected chi connectivity index (χ1v) is 12.4. The standard InChI is InChI=1S/C29H27N7O/c30-28-25(27-16-26(33-34-27)20-7-3-1-4-8-20)15-22(17-31-28)23-18-32-36(19-23)24-11-13-35(14-12-24)29(37)21-9-5-2-6-10-21/h1-10,15-19,24H,11-14H2,(H2,30,31)(H,33,34). The number of carbonyl (C=O) groups is 1. The van der Waals surface area contributed by atoms with Gasteiger partial charge in [0, 0.05) is 53.3 Å². The summed E-state index contributed by atoms with van der Waals surface area (Å²) in [6, 6.07) is 23.7. The van der Waals surface area contributed by atoms with Crippen LogP contribution in [0.2, 0.25) is 0 Å². The second-order valence-electron chi connectivity index (χ2n) is 9.29. The monoisotopic (exact) mass is 489 g/mol. The molecule has 3 aromatic heterocycles. The Balaban J connectivity index is 1.17. The summed E-state index contributed by atoms with van der Waals surface area (Å²) < 4.78 is 2.01. The number of piperidine rings is 1. The summed E-state index contributed by atoms with van der Waals surface area (Å²) >= 11 is 0. The number of nitrogen functional groups attached to an aromatic ring is 1. The fraction of sp³-hybridized carbons (Fsp3) is 0.172. The lowest BCUT2D eigenvalue weighted by Crippen LogP contribution is -2.39. The van der Waals surface area contributed by atoms with Gasteiger partial charge in [0.05, 0.1) is 23.6 Å². The Morgan fingerprint density at radius 1 is 0.892 bits per heavy atom. The number of carbonyl (C=O) groups excluding carboxylic acids is 1. The molecule has 6 rings (SSSR count). The Morgan fingerprint density at radius 2 is 1.62 bits per heavy atom. The molecule has 2 aromatic carbocycles. The van der Waals surface area contributed by atoms with Crippen molar-refractivity contribution in [1.82, 2.24) is 29.9 Å². The van der Waals surface area contributed by atoms with E-state index in [0.29, 0.717) is 18.9 Å². The molecular weight excluding hydrogens is 462 g/mol. The van der Waals surface area contributed by atoms with Crippen molar-refractivity contribution in [1.29, 1.82) is 0 Å². The molecule has 0 spiro atoms. The molecule has 1 aliphatic heterocycles. The van der Waals surface area contributed by atoms with E-state index in [2.05, 4.69) is 26.5 Å². The number of hydrogen-bond acceptors (Lipinski definition) is 5. The summed E-state index contributed by atoms with van der Waals surface area (Å²) in [6.45, 7) is 1.43. The van der Waals surface area contributed by atoms with Crippen LogP contribution in [0.1, 0.15) is 29.2 Å². The van der Waals surface area contributed by atoms with E-state index in [9.17, 15) is 4.79 Å².